The highest BCUT2D eigenvalue weighted by Crippen LogP contribution is 2.35. The van der Waals surface area contributed by atoms with E-state index in [-0.39, 0.29) is 28.9 Å². The number of sulfone groups is 1. The molecule has 0 N–H and O–H groups in total. The number of ketones is 1. The molecular weight excluding hydrogens is 472 g/mol. The zero-order chi connectivity index (χ0) is 24.6. The van der Waals surface area contributed by atoms with Crippen molar-refractivity contribution in [2.45, 2.75) is 76.6 Å². The summed E-state index contributed by atoms with van der Waals surface area (Å²) >= 11 is 6.44. The molecule has 1 amide bonds. The number of halogens is 1. The summed E-state index contributed by atoms with van der Waals surface area (Å²) in [5.41, 5.74) is 3.12. The third kappa shape index (κ3) is 5.68. The molecule has 188 valence electrons. The van der Waals surface area contributed by atoms with Gasteiger partial charge in [0, 0.05) is 61.8 Å². The molecule has 1 saturated heterocycles. The summed E-state index contributed by atoms with van der Waals surface area (Å²) in [5, 5.41) is 0.243. The molecule has 34 heavy (non-hydrogen) atoms. The number of piperazine rings is 1. The first-order valence-corrected chi connectivity index (χ1v) is 14.9. The van der Waals surface area contributed by atoms with Crippen molar-refractivity contribution in [1.29, 1.82) is 0 Å². The van der Waals surface area contributed by atoms with E-state index in [1.165, 1.54) is 19.1 Å². The lowest BCUT2D eigenvalue weighted by Crippen LogP contribution is -2.54. The van der Waals surface area contributed by atoms with Crippen LogP contribution in [0.15, 0.2) is 12.1 Å². The van der Waals surface area contributed by atoms with Crippen LogP contribution in [0.3, 0.4) is 0 Å². The van der Waals surface area contributed by atoms with Gasteiger partial charge in [-0.25, -0.2) is 8.42 Å². The Labute approximate surface area is 208 Å². The average Bonchev–Trinajstić information content (AvgIpc) is 3.24. The number of Topliss-reactive ketones (excluding diaryl/α,β-unsaturated/α-hetero) is 1. The molecule has 3 aliphatic rings. The van der Waals surface area contributed by atoms with Gasteiger partial charge in [-0.2, -0.15) is 0 Å². The van der Waals surface area contributed by atoms with Crippen LogP contribution in [0.25, 0.3) is 0 Å². The van der Waals surface area contributed by atoms with Crippen LogP contribution in [0.2, 0.25) is 5.02 Å². The van der Waals surface area contributed by atoms with Gasteiger partial charge in [0.15, 0.2) is 0 Å². The van der Waals surface area contributed by atoms with Crippen LogP contribution in [0.1, 0.15) is 62.1 Å². The number of benzene rings is 1. The van der Waals surface area contributed by atoms with Gasteiger partial charge in [0.05, 0.1) is 5.25 Å². The van der Waals surface area contributed by atoms with E-state index in [0.29, 0.717) is 30.2 Å². The Morgan fingerprint density at radius 1 is 1.06 bits per heavy atom. The lowest BCUT2D eigenvalue weighted by atomic mass is 9.79. The first-order chi connectivity index (χ1) is 16.0. The predicted molar refractivity (Wildman–Crippen MR) is 135 cm³/mol. The Hall–Kier alpha value is -1.44. The van der Waals surface area contributed by atoms with E-state index >= 15 is 0 Å². The van der Waals surface area contributed by atoms with Gasteiger partial charge in [-0.1, -0.05) is 24.4 Å². The average molecular weight is 509 g/mol. The summed E-state index contributed by atoms with van der Waals surface area (Å²) in [7, 11) is -3.07. The molecule has 0 spiro atoms. The van der Waals surface area contributed by atoms with Crippen molar-refractivity contribution in [2.75, 3.05) is 25.9 Å². The summed E-state index contributed by atoms with van der Waals surface area (Å²) in [4.78, 5) is 30.1. The minimum absolute atomic E-state index is 0.101. The van der Waals surface area contributed by atoms with E-state index in [1.807, 2.05) is 19.1 Å². The second-order valence-electron chi connectivity index (χ2n) is 10.7. The first-order valence-electron chi connectivity index (χ1n) is 12.5. The quantitative estimate of drug-likeness (QED) is 0.560. The highest BCUT2D eigenvalue weighted by molar-refractivity contribution is 7.91. The Morgan fingerprint density at radius 2 is 1.71 bits per heavy atom. The maximum Gasteiger partial charge on any atom is 0.226 e. The second-order valence-corrected chi connectivity index (χ2v) is 13.5. The van der Waals surface area contributed by atoms with Gasteiger partial charge >= 0.3 is 0 Å². The molecule has 3 fully saturated rings. The Bertz CT molecular complexity index is 1050. The van der Waals surface area contributed by atoms with Crippen LogP contribution in [0, 0.1) is 18.8 Å². The fraction of sp³-hybridized carbons (Fsp3) is 0.692. The van der Waals surface area contributed by atoms with Gasteiger partial charge in [-0.15, -0.1) is 0 Å². The summed E-state index contributed by atoms with van der Waals surface area (Å²) < 4.78 is 23.3. The maximum atomic E-state index is 12.9. The van der Waals surface area contributed by atoms with Crippen LogP contribution in [-0.4, -0.2) is 67.1 Å². The zero-order valence-corrected chi connectivity index (χ0v) is 22.1. The largest absolute Gasteiger partial charge is 0.337 e. The summed E-state index contributed by atoms with van der Waals surface area (Å²) in [6, 6.07) is 4.03. The zero-order valence-electron chi connectivity index (χ0n) is 20.6. The van der Waals surface area contributed by atoms with Gasteiger partial charge in [0.2, 0.25) is 5.91 Å². The minimum atomic E-state index is -3.07. The van der Waals surface area contributed by atoms with Crippen molar-refractivity contribution < 1.29 is 18.0 Å². The molecule has 0 radical (unpaired) electrons. The highest BCUT2D eigenvalue weighted by atomic mass is 35.5. The number of carbonyl (C=O) groups excluding carboxylic acids is 2. The van der Waals surface area contributed by atoms with Gasteiger partial charge in [-0.05, 0) is 68.4 Å². The number of hydrogen-bond acceptors (Lipinski definition) is 5. The number of rotatable bonds is 7. The Kier molecular flexibility index (Phi) is 7.75. The van der Waals surface area contributed by atoms with Gasteiger partial charge in [0.1, 0.15) is 15.6 Å². The topological polar surface area (TPSA) is 74.8 Å². The van der Waals surface area contributed by atoms with Crippen molar-refractivity contribution in [3.05, 3.63) is 33.8 Å². The fourth-order valence-electron chi connectivity index (χ4n) is 5.81. The molecular formula is C26H37ClN2O4S. The molecule has 1 heterocycles. The molecule has 0 bridgehead atoms. The fourth-order valence-corrected chi connectivity index (χ4v) is 7.23. The van der Waals surface area contributed by atoms with Crippen LogP contribution in [0.4, 0.5) is 0 Å². The van der Waals surface area contributed by atoms with Gasteiger partial charge < -0.3 is 4.90 Å². The Morgan fingerprint density at radius 3 is 2.32 bits per heavy atom. The molecule has 1 aromatic rings. The molecule has 1 aromatic carbocycles. The van der Waals surface area contributed by atoms with Crippen LogP contribution < -0.4 is 0 Å². The number of amides is 1. The van der Waals surface area contributed by atoms with E-state index in [0.717, 1.165) is 55.7 Å². The molecule has 0 unspecified atom stereocenters. The molecule has 4 rings (SSSR count). The lowest BCUT2D eigenvalue weighted by molar-refractivity contribution is -0.140. The summed E-state index contributed by atoms with van der Waals surface area (Å²) in [6.07, 6.45) is 6.82. The molecule has 1 aliphatic heterocycles. The maximum absolute atomic E-state index is 12.9. The van der Waals surface area contributed by atoms with E-state index < -0.39 is 9.84 Å². The van der Waals surface area contributed by atoms with Gasteiger partial charge in [-0.3, -0.25) is 14.5 Å². The van der Waals surface area contributed by atoms with E-state index in [4.69, 9.17) is 11.6 Å². The van der Waals surface area contributed by atoms with Crippen LogP contribution in [-0.2, 0) is 32.4 Å². The molecule has 6 nitrogen and oxygen atoms in total. The number of nitrogens with zero attached hydrogens (tertiary/aromatic N) is 2. The van der Waals surface area contributed by atoms with Crippen molar-refractivity contribution in [3.63, 3.8) is 0 Å². The van der Waals surface area contributed by atoms with E-state index in [9.17, 15) is 18.0 Å². The number of hydrogen-bond donors (Lipinski definition) is 0. The third-order valence-corrected chi connectivity index (χ3v) is 10.0. The minimum Gasteiger partial charge on any atom is -0.337 e. The molecule has 2 saturated carbocycles. The normalized spacial score (nSPS) is 26.5. The van der Waals surface area contributed by atoms with Crippen molar-refractivity contribution in [1.82, 2.24) is 9.80 Å². The molecule has 8 heteroatoms. The van der Waals surface area contributed by atoms with Gasteiger partial charge in [0.25, 0.3) is 0 Å². The molecule has 0 aromatic heterocycles. The monoisotopic (exact) mass is 508 g/mol. The van der Waals surface area contributed by atoms with Crippen molar-refractivity contribution in [2.24, 2.45) is 11.8 Å². The number of carbonyl (C=O) groups is 2. The smallest absolute Gasteiger partial charge is 0.226 e. The van der Waals surface area contributed by atoms with Crippen molar-refractivity contribution >= 4 is 33.1 Å². The predicted octanol–water partition coefficient (Wildman–Crippen LogP) is 3.81. The molecule has 1 atom stereocenters. The molecule has 2 aliphatic carbocycles. The summed E-state index contributed by atoms with van der Waals surface area (Å²) in [5.74, 6) is 0.475. The second kappa shape index (κ2) is 10.3. The van der Waals surface area contributed by atoms with Crippen molar-refractivity contribution in [3.8, 4) is 0 Å². The van der Waals surface area contributed by atoms with E-state index in [2.05, 4.69) is 16.7 Å². The first kappa shape index (κ1) is 25.6. The lowest BCUT2D eigenvalue weighted by Gasteiger charge is -2.41. The van der Waals surface area contributed by atoms with Crippen LogP contribution in [0.5, 0.6) is 0 Å². The Balaban J connectivity index is 1.37. The SMILES string of the molecule is Cc1c(CC(=O)C2CC(S(C)(=O)=O)C2)cc(Cl)cc1CN1CCN(C(=O)C2CCCC2)[C@@H](C)C1. The highest BCUT2D eigenvalue weighted by Gasteiger charge is 2.40. The third-order valence-electron chi connectivity index (χ3n) is 8.20. The standard InChI is InChI=1S/C26H37ClN2O4S/c1-17-15-28(8-9-29(17)26(31)19-6-4-5-7-19)16-22-11-23(27)10-20(18(22)2)14-25(30)21-12-24(13-21)34(3,32)33/h10-11,17,19,21,24H,4-9,12-16H2,1-3H3/t17-,21?,24?/m0/s1. The van der Waals surface area contributed by atoms with E-state index in [1.54, 1.807) is 0 Å². The van der Waals surface area contributed by atoms with Crippen LogP contribution >= 0.6 is 11.6 Å². The summed E-state index contributed by atoms with van der Waals surface area (Å²) in [6.45, 7) is 7.33.